The molecule has 0 saturated carbocycles. The molecule has 2 aromatic carbocycles. The van der Waals surface area contributed by atoms with Gasteiger partial charge in [-0.25, -0.2) is 14.6 Å². The fraction of sp³-hybridized carbons (Fsp3) is 0.100. The first-order chi connectivity index (χ1) is 13.4. The molecule has 0 aliphatic heterocycles. The van der Waals surface area contributed by atoms with E-state index in [0.717, 1.165) is 5.69 Å². The molecule has 0 atom stereocenters. The summed E-state index contributed by atoms with van der Waals surface area (Å²) < 4.78 is 4.72. The largest absolute Gasteiger partial charge is 0.478 e. The summed E-state index contributed by atoms with van der Waals surface area (Å²) in [5.74, 6) is -0.514. The normalized spacial score (nSPS) is 10.2. The highest BCUT2D eigenvalue weighted by Crippen LogP contribution is 2.20. The number of carboxylic acids is 1. The molecule has 142 valence electrons. The van der Waals surface area contributed by atoms with Crippen molar-refractivity contribution in [3.63, 3.8) is 0 Å². The Bertz CT molecular complexity index is 1020. The summed E-state index contributed by atoms with van der Waals surface area (Å²) in [4.78, 5) is 31.4. The minimum absolute atomic E-state index is 0.206. The molecule has 1 aromatic heterocycles. The van der Waals surface area contributed by atoms with Gasteiger partial charge >= 0.3 is 11.9 Å². The number of nitrogens with zero attached hydrogens (tertiary/aromatic N) is 2. The van der Waals surface area contributed by atoms with Crippen molar-refractivity contribution in [3.8, 4) is 0 Å². The van der Waals surface area contributed by atoms with Crippen LogP contribution in [0.1, 0.15) is 26.4 Å². The average Bonchev–Trinajstić information content (AvgIpc) is 2.67. The Morgan fingerprint density at radius 2 is 1.68 bits per heavy atom. The van der Waals surface area contributed by atoms with Crippen molar-refractivity contribution >= 4 is 35.1 Å². The summed E-state index contributed by atoms with van der Waals surface area (Å²) in [6.45, 7) is 1.83. The van der Waals surface area contributed by atoms with Crippen LogP contribution in [0.15, 0.2) is 54.6 Å². The molecule has 0 fully saturated rings. The van der Waals surface area contributed by atoms with Crippen LogP contribution in [0, 0.1) is 6.92 Å². The zero-order chi connectivity index (χ0) is 20.1. The number of benzene rings is 2. The number of ether oxygens (including phenoxy) is 1. The zero-order valence-electron chi connectivity index (χ0n) is 15.3. The zero-order valence-corrected chi connectivity index (χ0v) is 15.3. The Labute approximate surface area is 161 Å². The van der Waals surface area contributed by atoms with Crippen LogP contribution in [0.4, 0.5) is 23.1 Å². The molecule has 0 aliphatic carbocycles. The number of hydrogen-bond donors (Lipinski definition) is 3. The van der Waals surface area contributed by atoms with E-state index in [2.05, 4.69) is 20.6 Å². The molecule has 0 aliphatic rings. The smallest absolute Gasteiger partial charge is 0.337 e. The summed E-state index contributed by atoms with van der Waals surface area (Å²) >= 11 is 0. The molecule has 0 amide bonds. The number of nitrogens with one attached hydrogen (secondary N) is 2. The maximum Gasteiger partial charge on any atom is 0.337 e. The number of aromatic carboxylic acids is 1. The summed E-state index contributed by atoms with van der Waals surface area (Å²) in [6, 6.07) is 14.9. The van der Waals surface area contributed by atoms with E-state index in [-0.39, 0.29) is 5.56 Å². The van der Waals surface area contributed by atoms with Crippen molar-refractivity contribution in [1.82, 2.24) is 9.97 Å². The summed E-state index contributed by atoms with van der Waals surface area (Å²) in [6.07, 6.45) is 0. The number of esters is 1. The van der Waals surface area contributed by atoms with E-state index in [0.29, 0.717) is 28.7 Å². The average molecular weight is 378 g/mol. The first-order valence-electron chi connectivity index (χ1n) is 8.36. The highest BCUT2D eigenvalue weighted by Gasteiger charge is 2.08. The van der Waals surface area contributed by atoms with Crippen molar-refractivity contribution in [2.24, 2.45) is 0 Å². The lowest BCUT2D eigenvalue weighted by molar-refractivity contribution is 0.0600. The van der Waals surface area contributed by atoms with E-state index in [1.165, 1.54) is 19.2 Å². The van der Waals surface area contributed by atoms with Gasteiger partial charge in [0.05, 0.1) is 18.2 Å². The molecule has 28 heavy (non-hydrogen) atoms. The van der Waals surface area contributed by atoms with E-state index in [1.807, 2.05) is 6.92 Å². The van der Waals surface area contributed by atoms with Crippen molar-refractivity contribution in [1.29, 1.82) is 0 Å². The lowest BCUT2D eigenvalue weighted by Crippen LogP contribution is -2.04. The quantitative estimate of drug-likeness (QED) is 0.556. The van der Waals surface area contributed by atoms with Gasteiger partial charge in [0.2, 0.25) is 5.95 Å². The molecule has 0 saturated heterocycles. The molecule has 0 unspecified atom stereocenters. The molecule has 0 radical (unpaired) electrons. The van der Waals surface area contributed by atoms with Gasteiger partial charge in [-0.15, -0.1) is 0 Å². The number of carboxylic acid groups (broad SMARTS) is 1. The number of anilines is 4. The molecular formula is C20H18N4O4. The van der Waals surface area contributed by atoms with Crippen LogP contribution in [0.2, 0.25) is 0 Å². The predicted molar refractivity (Wildman–Crippen MR) is 105 cm³/mol. The Morgan fingerprint density at radius 1 is 0.929 bits per heavy atom. The summed E-state index contributed by atoms with van der Waals surface area (Å²) in [5.41, 5.74) is 2.69. The van der Waals surface area contributed by atoms with Crippen LogP contribution >= 0.6 is 0 Å². The van der Waals surface area contributed by atoms with Gasteiger partial charge in [-0.1, -0.05) is 6.07 Å². The predicted octanol–water partition coefficient (Wildman–Crippen LogP) is 3.76. The molecule has 1 heterocycles. The first-order valence-corrected chi connectivity index (χ1v) is 8.36. The SMILES string of the molecule is COC(=O)c1cccc(Nc2nc(C)cc(Nc3ccc(C(=O)O)cc3)n2)c1. The minimum Gasteiger partial charge on any atom is -0.478 e. The highest BCUT2D eigenvalue weighted by atomic mass is 16.5. The molecule has 0 spiro atoms. The molecule has 3 N–H and O–H groups in total. The van der Waals surface area contributed by atoms with Crippen LogP contribution in [-0.4, -0.2) is 34.1 Å². The number of methoxy groups -OCH3 is 1. The van der Waals surface area contributed by atoms with Gasteiger partial charge < -0.3 is 20.5 Å². The number of rotatable bonds is 6. The third kappa shape index (κ3) is 4.61. The standard InChI is InChI=1S/C20H18N4O4/c1-12-10-17(22-15-8-6-13(7-9-15)18(25)26)24-20(21-12)23-16-5-3-4-14(11-16)19(27)28-2/h3-11H,1-2H3,(H,25,26)(H2,21,22,23,24). The lowest BCUT2D eigenvalue weighted by Gasteiger charge is -2.11. The molecular weight excluding hydrogens is 360 g/mol. The van der Waals surface area contributed by atoms with Crippen molar-refractivity contribution in [2.45, 2.75) is 6.92 Å². The minimum atomic E-state index is -0.981. The Hall–Kier alpha value is -3.94. The van der Waals surface area contributed by atoms with Gasteiger partial charge in [0.15, 0.2) is 0 Å². The third-order valence-electron chi connectivity index (χ3n) is 3.80. The Balaban J connectivity index is 1.80. The maximum absolute atomic E-state index is 11.7. The van der Waals surface area contributed by atoms with Crippen molar-refractivity contribution in [2.75, 3.05) is 17.7 Å². The molecule has 3 rings (SSSR count). The molecule has 8 heteroatoms. The first kappa shape index (κ1) is 18.8. The Morgan fingerprint density at radius 3 is 2.36 bits per heavy atom. The second kappa shape index (κ2) is 8.17. The fourth-order valence-electron chi connectivity index (χ4n) is 2.50. The van der Waals surface area contributed by atoms with Gasteiger partial charge in [0.25, 0.3) is 0 Å². The third-order valence-corrected chi connectivity index (χ3v) is 3.80. The van der Waals surface area contributed by atoms with Gasteiger partial charge in [0.1, 0.15) is 5.82 Å². The Kier molecular flexibility index (Phi) is 5.50. The van der Waals surface area contributed by atoms with E-state index in [9.17, 15) is 9.59 Å². The number of hydrogen-bond acceptors (Lipinski definition) is 7. The topological polar surface area (TPSA) is 113 Å². The van der Waals surface area contributed by atoms with Gasteiger partial charge in [-0.2, -0.15) is 4.98 Å². The number of aromatic nitrogens is 2. The molecule has 0 bridgehead atoms. The van der Waals surface area contributed by atoms with Crippen molar-refractivity contribution in [3.05, 3.63) is 71.4 Å². The van der Waals surface area contributed by atoms with Gasteiger partial charge in [0, 0.05) is 23.1 Å². The van der Waals surface area contributed by atoms with Crippen molar-refractivity contribution < 1.29 is 19.4 Å². The summed E-state index contributed by atoms with van der Waals surface area (Å²) in [5, 5.41) is 15.2. The van der Waals surface area contributed by atoms with Crippen LogP contribution < -0.4 is 10.6 Å². The van der Waals surface area contributed by atoms with Crippen LogP contribution in [0.3, 0.4) is 0 Å². The van der Waals surface area contributed by atoms with E-state index < -0.39 is 11.9 Å². The maximum atomic E-state index is 11.7. The molecule has 3 aromatic rings. The highest BCUT2D eigenvalue weighted by molar-refractivity contribution is 5.90. The number of carbonyl (C=O) groups excluding carboxylic acids is 1. The molecule has 8 nitrogen and oxygen atoms in total. The van der Waals surface area contributed by atoms with Crippen LogP contribution in [-0.2, 0) is 4.74 Å². The number of carbonyl (C=O) groups is 2. The number of aryl methyl sites for hydroxylation is 1. The second-order valence-corrected chi connectivity index (χ2v) is 5.92. The lowest BCUT2D eigenvalue weighted by atomic mass is 10.2. The van der Waals surface area contributed by atoms with Crippen LogP contribution in [0.5, 0.6) is 0 Å². The summed E-state index contributed by atoms with van der Waals surface area (Å²) in [7, 11) is 1.33. The van der Waals surface area contributed by atoms with E-state index in [1.54, 1.807) is 42.5 Å². The van der Waals surface area contributed by atoms with Crippen LogP contribution in [0.25, 0.3) is 0 Å². The monoisotopic (exact) mass is 378 g/mol. The van der Waals surface area contributed by atoms with E-state index in [4.69, 9.17) is 9.84 Å². The fourth-order valence-corrected chi connectivity index (χ4v) is 2.50. The second-order valence-electron chi connectivity index (χ2n) is 5.92. The van der Waals surface area contributed by atoms with E-state index >= 15 is 0 Å². The van der Waals surface area contributed by atoms with Gasteiger partial charge in [-0.05, 0) is 49.4 Å². The van der Waals surface area contributed by atoms with Gasteiger partial charge in [-0.3, -0.25) is 0 Å².